The molecule has 0 spiro atoms. The lowest BCUT2D eigenvalue weighted by Gasteiger charge is -2.17. The normalized spacial score (nSPS) is 11.4. The summed E-state index contributed by atoms with van der Waals surface area (Å²) in [5, 5.41) is 0.187. The van der Waals surface area contributed by atoms with E-state index in [0.717, 1.165) is 4.31 Å². The second-order valence-corrected chi connectivity index (χ2v) is 5.77. The van der Waals surface area contributed by atoms with Crippen molar-refractivity contribution in [3.8, 4) is 0 Å². The van der Waals surface area contributed by atoms with E-state index in [4.69, 9.17) is 11.6 Å². The van der Waals surface area contributed by atoms with Crippen LogP contribution in [0.15, 0.2) is 18.3 Å². The van der Waals surface area contributed by atoms with Gasteiger partial charge in [0.15, 0.2) is 5.82 Å². The summed E-state index contributed by atoms with van der Waals surface area (Å²) in [5.74, 6) is -0.452. The van der Waals surface area contributed by atoms with Crippen molar-refractivity contribution in [1.29, 1.82) is 0 Å². The largest absolute Gasteiger partial charge is 0.469 e. The Kier molecular flexibility index (Phi) is 5.52. The maximum Gasteiger partial charge on any atom is 0.306 e. The summed E-state index contributed by atoms with van der Waals surface area (Å²) in [6.07, 6.45) is 1.38. The van der Waals surface area contributed by atoms with Crippen LogP contribution in [0.3, 0.4) is 0 Å². The van der Waals surface area contributed by atoms with Crippen LogP contribution in [0.5, 0.6) is 0 Å². The quantitative estimate of drug-likeness (QED) is 0.788. The number of hydrogen-bond acceptors (Lipinski definition) is 5. The number of pyridine rings is 1. The number of anilines is 1. The van der Waals surface area contributed by atoms with Crippen molar-refractivity contribution in [1.82, 2.24) is 9.29 Å². The Morgan fingerprint density at radius 3 is 2.84 bits per heavy atom. The minimum absolute atomic E-state index is 0.00748. The van der Waals surface area contributed by atoms with Gasteiger partial charge < -0.3 is 4.74 Å². The lowest BCUT2D eigenvalue weighted by Crippen LogP contribution is -2.34. The lowest BCUT2D eigenvalue weighted by atomic mass is 10.4. The molecule has 0 aliphatic heterocycles. The van der Waals surface area contributed by atoms with Crippen LogP contribution in [0, 0.1) is 0 Å². The van der Waals surface area contributed by atoms with E-state index < -0.39 is 16.2 Å². The van der Waals surface area contributed by atoms with Crippen molar-refractivity contribution >= 4 is 33.6 Å². The summed E-state index contributed by atoms with van der Waals surface area (Å²) in [4.78, 5) is 14.8. The first kappa shape index (κ1) is 15.7. The average Bonchev–Trinajstić information content (AvgIpc) is 2.37. The Morgan fingerprint density at radius 1 is 1.58 bits per heavy atom. The molecule has 7 nitrogen and oxygen atoms in total. The van der Waals surface area contributed by atoms with Gasteiger partial charge in [0.25, 0.3) is 0 Å². The van der Waals surface area contributed by atoms with Crippen LogP contribution in [0.25, 0.3) is 0 Å². The Bertz CT molecular complexity index is 549. The Balaban J connectivity index is 2.70. The van der Waals surface area contributed by atoms with Crippen LogP contribution < -0.4 is 4.72 Å². The SMILES string of the molecule is COC(=O)CCN(C)S(=O)(=O)Nc1ncccc1Cl. The molecule has 1 aromatic heterocycles. The second-order valence-electron chi connectivity index (χ2n) is 3.59. The van der Waals surface area contributed by atoms with Gasteiger partial charge in [0, 0.05) is 19.8 Å². The van der Waals surface area contributed by atoms with E-state index >= 15 is 0 Å². The predicted molar refractivity (Wildman–Crippen MR) is 71.1 cm³/mol. The summed E-state index contributed by atoms with van der Waals surface area (Å²) in [7, 11) is -1.24. The molecule has 9 heteroatoms. The second kappa shape index (κ2) is 6.69. The third kappa shape index (κ3) is 4.66. The maximum absolute atomic E-state index is 11.9. The van der Waals surface area contributed by atoms with Crippen LogP contribution in [-0.2, 0) is 19.7 Å². The zero-order chi connectivity index (χ0) is 14.5. The first-order valence-corrected chi connectivity index (χ1v) is 7.10. The zero-order valence-electron chi connectivity index (χ0n) is 10.5. The van der Waals surface area contributed by atoms with Crippen molar-refractivity contribution in [2.24, 2.45) is 0 Å². The standard InChI is InChI=1S/C10H14ClN3O4S/c1-14(7-5-9(15)18-2)19(16,17)13-10-8(11)4-3-6-12-10/h3-4,6H,5,7H2,1-2H3,(H,12,13). The van der Waals surface area contributed by atoms with Crippen LogP contribution in [0.4, 0.5) is 5.82 Å². The van der Waals surface area contributed by atoms with Crippen molar-refractivity contribution < 1.29 is 17.9 Å². The van der Waals surface area contributed by atoms with Crippen molar-refractivity contribution in [3.05, 3.63) is 23.4 Å². The molecule has 0 radical (unpaired) electrons. The molecule has 106 valence electrons. The summed E-state index contributed by atoms with van der Waals surface area (Å²) < 4.78 is 31.5. The van der Waals surface area contributed by atoms with Gasteiger partial charge in [-0.15, -0.1) is 0 Å². The number of methoxy groups -OCH3 is 1. The van der Waals surface area contributed by atoms with Gasteiger partial charge in [-0.25, -0.2) is 4.98 Å². The molecule has 0 saturated heterocycles. The van der Waals surface area contributed by atoms with Gasteiger partial charge in [0.05, 0.1) is 18.6 Å². The predicted octanol–water partition coefficient (Wildman–Crippen LogP) is 0.887. The highest BCUT2D eigenvalue weighted by atomic mass is 35.5. The average molecular weight is 308 g/mol. The van der Waals surface area contributed by atoms with Crippen LogP contribution >= 0.6 is 11.6 Å². The molecule has 19 heavy (non-hydrogen) atoms. The third-order valence-electron chi connectivity index (χ3n) is 2.25. The molecule has 0 aliphatic rings. The fourth-order valence-corrected chi connectivity index (χ4v) is 2.25. The number of carbonyl (C=O) groups is 1. The number of nitrogens with zero attached hydrogens (tertiary/aromatic N) is 2. The number of nitrogens with one attached hydrogen (secondary N) is 1. The van der Waals surface area contributed by atoms with Gasteiger partial charge >= 0.3 is 16.2 Å². The van der Waals surface area contributed by atoms with E-state index in [-0.39, 0.29) is 23.8 Å². The van der Waals surface area contributed by atoms with Gasteiger partial charge in [0.2, 0.25) is 0 Å². The molecule has 0 amide bonds. The molecule has 0 bridgehead atoms. The van der Waals surface area contributed by atoms with E-state index in [1.807, 2.05) is 0 Å². The highest BCUT2D eigenvalue weighted by molar-refractivity contribution is 7.90. The summed E-state index contributed by atoms with van der Waals surface area (Å²) >= 11 is 5.80. The van der Waals surface area contributed by atoms with Crippen molar-refractivity contribution in [2.75, 3.05) is 25.4 Å². The highest BCUT2D eigenvalue weighted by Crippen LogP contribution is 2.19. The Hall–Kier alpha value is -1.38. The minimum Gasteiger partial charge on any atom is -0.469 e. The smallest absolute Gasteiger partial charge is 0.306 e. The third-order valence-corrected chi connectivity index (χ3v) is 4.01. The van der Waals surface area contributed by atoms with E-state index in [1.54, 1.807) is 6.07 Å². The van der Waals surface area contributed by atoms with Crippen LogP contribution in [0.2, 0.25) is 5.02 Å². The highest BCUT2D eigenvalue weighted by Gasteiger charge is 2.20. The topological polar surface area (TPSA) is 88.6 Å². The Morgan fingerprint density at radius 2 is 2.26 bits per heavy atom. The van der Waals surface area contributed by atoms with E-state index in [2.05, 4.69) is 14.4 Å². The monoisotopic (exact) mass is 307 g/mol. The van der Waals surface area contributed by atoms with E-state index in [1.165, 1.54) is 26.4 Å². The summed E-state index contributed by atoms with van der Waals surface area (Å²) in [6, 6.07) is 3.10. The van der Waals surface area contributed by atoms with Gasteiger partial charge in [-0.1, -0.05) is 11.6 Å². The van der Waals surface area contributed by atoms with Gasteiger partial charge in [-0.05, 0) is 12.1 Å². The number of rotatable bonds is 6. The summed E-state index contributed by atoms with van der Waals surface area (Å²) in [5.41, 5.74) is 0. The molecule has 0 saturated carbocycles. The zero-order valence-corrected chi connectivity index (χ0v) is 12.0. The van der Waals surface area contributed by atoms with E-state index in [0.29, 0.717) is 0 Å². The van der Waals surface area contributed by atoms with Crippen LogP contribution in [-0.4, -0.2) is 44.4 Å². The van der Waals surface area contributed by atoms with Crippen LogP contribution in [0.1, 0.15) is 6.42 Å². The van der Waals surface area contributed by atoms with Gasteiger partial charge in [-0.2, -0.15) is 12.7 Å². The molecule has 1 heterocycles. The lowest BCUT2D eigenvalue weighted by molar-refractivity contribution is -0.140. The molecular formula is C10H14ClN3O4S. The number of hydrogen-bond donors (Lipinski definition) is 1. The molecule has 0 fully saturated rings. The number of carbonyl (C=O) groups excluding carboxylic acids is 1. The molecule has 0 unspecified atom stereocenters. The number of ether oxygens (including phenoxy) is 1. The number of halogens is 1. The fourth-order valence-electron chi connectivity index (χ4n) is 1.13. The molecular weight excluding hydrogens is 294 g/mol. The van der Waals surface area contributed by atoms with Crippen molar-refractivity contribution in [2.45, 2.75) is 6.42 Å². The minimum atomic E-state index is -3.81. The first-order valence-electron chi connectivity index (χ1n) is 5.28. The van der Waals surface area contributed by atoms with Gasteiger partial charge in [-0.3, -0.25) is 9.52 Å². The molecule has 1 aromatic rings. The number of esters is 1. The molecule has 1 N–H and O–H groups in total. The molecule has 0 atom stereocenters. The fraction of sp³-hybridized carbons (Fsp3) is 0.400. The van der Waals surface area contributed by atoms with E-state index in [9.17, 15) is 13.2 Å². The van der Waals surface area contributed by atoms with Crippen molar-refractivity contribution in [3.63, 3.8) is 0 Å². The first-order chi connectivity index (χ1) is 8.86. The summed E-state index contributed by atoms with van der Waals surface area (Å²) in [6.45, 7) is -0.00748. The Labute approximate surface area is 116 Å². The number of aromatic nitrogens is 1. The van der Waals surface area contributed by atoms with Gasteiger partial charge in [0.1, 0.15) is 0 Å². The molecule has 0 aromatic carbocycles. The maximum atomic E-state index is 11.9. The molecule has 1 rings (SSSR count). The molecule has 0 aliphatic carbocycles.